The molecule has 0 bridgehead atoms. The molecule has 0 aliphatic heterocycles. The molecule has 27 heavy (non-hydrogen) atoms. The Labute approximate surface area is 164 Å². The Bertz CT molecular complexity index is 654. The molecule has 1 aliphatic carbocycles. The fraction of sp³-hybridized carbons (Fsp3) is 0.450. The van der Waals surface area contributed by atoms with Gasteiger partial charge < -0.3 is 15.5 Å². The minimum Gasteiger partial charge on any atom is -0.481 e. The summed E-state index contributed by atoms with van der Waals surface area (Å²) in [6.45, 7) is 0. The van der Waals surface area contributed by atoms with Crippen LogP contribution in [0.15, 0.2) is 30.3 Å². The van der Waals surface area contributed by atoms with E-state index < -0.39 is 11.9 Å². The number of carbonyl (C=O) groups is 3. The van der Waals surface area contributed by atoms with Gasteiger partial charge in [0.05, 0.1) is 0 Å². The molecule has 2 rings (SSSR count). The number of carboxylic acids is 2. The summed E-state index contributed by atoms with van der Waals surface area (Å²) in [4.78, 5) is 31.8. The van der Waals surface area contributed by atoms with Crippen LogP contribution in [0.5, 0.6) is 0 Å². The van der Waals surface area contributed by atoms with Crippen molar-refractivity contribution in [3.8, 4) is 0 Å². The van der Waals surface area contributed by atoms with Gasteiger partial charge in [-0.05, 0) is 37.0 Å². The number of hydrogen-bond acceptors (Lipinski definition) is 3. The van der Waals surface area contributed by atoms with Crippen LogP contribution in [0.3, 0.4) is 0 Å². The van der Waals surface area contributed by atoms with E-state index >= 15 is 0 Å². The predicted molar refractivity (Wildman–Crippen MR) is 105 cm³/mol. The molecular formula is C20H26ClNO5. The van der Waals surface area contributed by atoms with Crippen molar-refractivity contribution in [2.45, 2.75) is 57.4 Å². The fourth-order valence-corrected chi connectivity index (χ4v) is 2.92. The van der Waals surface area contributed by atoms with E-state index in [0.717, 1.165) is 18.9 Å². The number of hydrogen-bond donors (Lipinski definition) is 3. The van der Waals surface area contributed by atoms with Gasteiger partial charge in [-0.25, -0.2) is 4.79 Å². The van der Waals surface area contributed by atoms with Crippen molar-refractivity contribution in [1.29, 1.82) is 0 Å². The van der Waals surface area contributed by atoms with E-state index in [-0.39, 0.29) is 12.3 Å². The minimum atomic E-state index is -0.977. The highest BCUT2D eigenvalue weighted by Crippen LogP contribution is 2.17. The molecule has 0 heterocycles. The molecule has 0 atom stereocenters. The maximum atomic E-state index is 11.4. The van der Waals surface area contributed by atoms with Crippen LogP contribution in [0.2, 0.25) is 5.02 Å². The number of benzene rings is 1. The van der Waals surface area contributed by atoms with E-state index in [9.17, 15) is 14.4 Å². The largest absolute Gasteiger partial charge is 0.481 e. The zero-order valence-corrected chi connectivity index (χ0v) is 16.0. The number of carbonyl (C=O) groups excluding carboxylic acids is 1. The second-order valence-electron chi connectivity index (χ2n) is 6.34. The zero-order chi connectivity index (χ0) is 20.1. The highest BCUT2D eigenvalue weighted by atomic mass is 35.5. The molecule has 1 aliphatic rings. The van der Waals surface area contributed by atoms with Crippen molar-refractivity contribution >= 4 is 35.5 Å². The van der Waals surface area contributed by atoms with E-state index in [2.05, 4.69) is 5.32 Å². The fourth-order valence-electron chi connectivity index (χ4n) is 2.72. The van der Waals surface area contributed by atoms with E-state index in [1.165, 1.54) is 25.3 Å². The summed E-state index contributed by atoms with van der Waals surface area (Å²) in [5.74, 6) is -1.81. The van der Waals surface area contributed by atoms with Crippen LogP contribution in [0.1, 0.15) is 56.9 Å². The van der Waals surface area contributed by atoms with Gasteiger partial charge in [-0.3, -0.25) is 9.59 Å². The molecule has 1 amide bonds. The van der Waals surface area contributed by atoms with E-state index in [1.54, 1.807) is 24.3 Å². The lowest BCUT2D eigenvalue weighted by Gasteiger charge is -2.22. The standard InChI is InChI=1S/C11H19NO3.C9H7ClO2/c13-10(7-4-8-11(14)15)12-9-5-2-1-3-6-9;10-8-4-2-1-3-7(8)5-6-9(11)12/h9H,1-8H2,(H,12,13)(H,14,15);1-6H,(H,11,12). The van der Waals surface area contributed by atoms with Crippen LogP contribution in [0.25, 0.3) is 6.08 Å². The number of carboxylic acid groups (broad SMARTS) is 2. The van der Waals surface area contributed by atoms with Gasteiger partial charge in [0.1, 0.15) is 0 Å². The number of halogens is 1. The first-order valence-corrected chi connectivity index (χ1v) is 9.43. The van der Waals surface area contributed by atoms with Crippen LogP contribution >= 0.6 is 11.6 Å². The van der Waals surface area contributed by atoms with Gasteiger partial charge >= 0.3 is 11.9 Å². The van der Waals surface area contributed by atoms with Gasteiger partial charge in [-0.15, -0.1) is 0 Å². The number of amides is 1. The second kappa shape index (κ2) is 12.9. The molecule has 0 radical (unpaired) electrons. The molecule has 0 spiro atoms. The Morgan fingerprint density at radius 1 is 1.07 bits per heavy atom. The average Bonchev–Trinajstić information content (AvgIpc) is 2.62. The molecule has 3 N–H and O–H groups in total. The first-order chi connectivity index (χ1) is 12.9. The highest BCUT2D eigenvalue weighted by Gasteiger charge is 2.15. The van der Waals surface area contributed by atoms with Crippen molar-refractivity contribution in [3.05, 3.63) is 40.9 Å². The molecule has 1 aromatic carbocycles. The molecule has 0 saturated heterocycles. The van der Waals surface area contributed by atoms with Crippen molar-refractivity contribution in [1.82, 2.24) is 5.32 Å². The van der Waals surface area contributed by atoms with Crippen molar-refractivity contribution in [2.24, 2.45) is 0 Å². The Balaban J connectivity index is 0.000000277. The molecule has 6 nitrogen and oxygen atoms in total. The summed E-state index contributed by atoms with van der Waals surface area (Å²) in [6, 6.07) is 7.38. The van der Waals surface area contributed by atoms with Gasteiger partial charge in [0, 0.05) is 30.0 Å². The van der Waals surface area contributed by atoms with Gasteiger partial charge in [0.25, 0.3) is 0 Å². The summed E-state index contributed by atoms with van der Waals surface area (Å²) in [5.41, 5.74) is 0.710. The van der Waals surface area contributed by atoms with Crippen LogP contribution in [-0.2, 0) is 14.4 Å². The summed E-state index contributed by atoms with van der Waals surface area (Å²) < 4.78 is 0. The lowest BCUT2D eigenvalue weighted by atomic mass is 9.95. The van der Waals surface area contributed by atoms with Crippen LogP contribution in [-0.4, -0.2) is 34.1 Å². The normalized spacial score (nSPS) is 14.3. The average molecular weight is 396 g/mol. The lowest BCUT2D eigenvalue weighted by Crippen LogP contribution is -2.36. The molecule has 148 valence electrons. The van der Waals surface area contributed by atoms with E-state index in [4.69, 9.17) is 21.8 Å². The van der Waals surface area contributed by atoms with Gasteiger partial charge in [-0.1, -0.05) is 49.1 Å². The Kier molecular flexibility index (Phi) is 10.9. The third kappa shape index (κ3) is 11.1. The third-order valence-corrected chi connectivity index (χ3v) is 4.42. The quantitative estimate of drug-likeness (QED) is 0.602. The number of rotatable bonds is 7. The maximum Gasteiger partial charge on any atom is 0.328 e. The van der Waals surface area contributed by atoms with Gasteiger partial charge in [0.2, 0.25) is 5.91 Å². The molecule has 7 heteroatoms. The van der Waals surface area contributed by atoms with Crippen molar-refractivity contribution in [3.63, 3.8) is 0 Å². The van der Waals surface area contributed by atoms with Crippen LogP contribution < -0.4 is 5.32 Å². The molecule has 0 unspecified atom stereocenters. The Morgan fingerprint density at radius 2 is 1.74 bits per heavy atom. The third-order valence-electron chi connectivity index (χ3n) is 4.08. The maximum absolute atomic E-state index is 11.4. The first kappa shape index (κ1) is 22.7. The van der Waals surface area contributed by atoms with E-state index in [1.807, 2.05) is 0 Å². The van der Waals surface area contributed by atoms with Crippen LogP contribution in [0.4, 0.5) is 0 Å². The number of aliphatic carboxylic acids is 2. The highest BCUT2D eigenvalue weighted by molar-refractivity contribution is 6.32. The summed E-state index contributed by atoms with van der Waals surface area (Å²) in [6.07, 6.45) is 9.18. The molecule has 1 fully saturated rings. The lowest BCUT2D eigenvalue weighted by molar-refractivity contribution is -0.137. The molecule has 1 saturated carbocycles. The molecule has 1 aromatic rings. The minimum absolute atomic E-state index is 0.00292. The van der Waals surface area contributed by atoms with Gasteiger partial charge in [-0.2, -0.15) is 0 Å². The number of nitrogens with one attached hydrogen (secondary N) is 1. The topological polar surface area (TPSA) is 104 Å². The van der Waals surface area contributed by atoms with Gasteiger partial charge in [0.15, 0.2) is 0 Å². The monoisotopic (exact) mass is 395 g/mol. The Hall–Kier alpha value is -2.34. The summed E-state index contributed by atoms with van der Waals surface area (Å²) in [7, 11) is 0. The van der Waals surface area contributed by atoms with E-state index in [0.29, 0.717) is 29.5 Å². The smallest absolute Gasteiger partial charge is 0.328 e. The summed E-state index contributed by atoms with van der Waals surface area (Å²) >= 11 is 5.76. The van der Waals surface area contributed by atoms with Crippen molar-refractivity contribution < 1.29 is 24.6 Å². The first-order valence-electron chi connectivity index (χ1n) is 9.05. The SMILES string of the molecule is O=C(O)C=Cc1ccccc1Cl.O=C(O)CCCC(=O)NC1CCCCC1. The summed E-state index contributed by atoms with van der Waals surface area (Å²) in [5, 5.41) is 20.3. The Morgan fingerprint density at radius 3 is 2.33 bits per heavy atom. The van der Waals surface area contributed by atoms with Crippen LogP contribution in [0, 0.1) is 0 Å². The van der Waals surface area contributed by atoms with Crippen molar-refractivity contribution in [2.75, 3.05) is 0 Å². The molecule has 0 aromatic heterocycles. The predicted octanol–water partition coefficient (Wildman–Crippen LogP) is 4.13. The second-order valence-corrected chi connectivity index (χ2v) is 6.75. The molecular weight excluding hydrogens is 370 g/mol. The zero-order valence-electron chi connectivity index (χ0n) is 15.2.